The first-order chi connectivity index (χ1) is 9.84. The molecule has 21 heavy (non-hydrogen) atoms. The van der Waals surface area contributed by atoms with Crippen LogP contribution < -0.4 is 16.0 Å². The Morgan fingerprint density at radius 1 is 1.52 bits per heavy atom. The van der Waals surface area contributed by atoms with E-state index in [1.165, 1.54) is 16.9 Å². The topological polar surface area (TPSA) is 93.9 Å². The van der Waals surface area contributed by atoms with E-state index in [0.717, 1.165) is 19.3 Å². The minimum absolute atomic E-state index is 0.0871. The van der Waals surface area contributed by atoms with E-state index >= 15 is 0 Å². The van der Waals surface area contributed by atoms with Crippen molar-refractivity contribution in [2.45, 2.75) is 52.6 Å². The largest absolute Gasteiger partial charge is 0.490 e. The first kappa shape index (κ1) is 17.2. The summed E-state index contributed by atoms with van der Waals surface area (Å²) in [7, 11) is 0. The van der Waals surface area contributed by atoms with Crippen molar-refractivity contribution in [2.75, 3.05) is 6.61 Å². The number of nitrogens with zero attached hydrogens (tertiary/aromatic N) is 3. The van der Waals surface area contributed by atoms with E-state index < -0.39 is 0 Å². The standard InChI is InChI=1S/C15H24N4O2/c1-12(17)10-21-13-8-14(20)19(18-9-13)7-5-4-6-15(2,3)11-16/h8-9,12H,4-7,10,17H2,1-3H3. The molecule has 1 unspecified atom stereocenters. The van der Waals surface area contributed by atoms with E-state index in [0.29, 0.717) is 18.9 Å². The van der Waals surface area contributed by atoms with Gasteiger partial charge in [0.05, 0.1) is 17.7 Å². The number of aryl methyl sites for hydroxylation is 1. The Bertz CT molecular complexity index is 543. The Hall–Kier alpha value is -1.87. The average Bonchev–Trinajstić information content (AvgIpc) is 2.43. The van der Waals surface area contributed by atoms with Crippen molar-refractivity contribution in [3.8, 4) is 11.8 Å². The summed E-state index contributed by atoms with van der Waals surface area (Å²) in [6.45, 7) is 6.57. The second kappa shape index (κ2) is 7.79. The normalized spacial score (nSPS) is 12.7. The molecule has 1 heterocycles. The molecule has 0 amide bonds. The predicted molar refractivity (Wildman–Crippen MR) is 80.9 cm³/mol. The summed E-state index contributed by atoms with van der Waals surface area (Å²) < 4.78 is 6.77. The van der Waals surface area contributed by atoms with Crippen LogP contribution in [0.3, 0.4) is 0 Å². The lowest BCUT2D eigenvalue weighted by Crippen LogP contribution is -2.26. The van der Waals surface area contributed by atoms with Gasteiger partial charge in [-0.3, -0.25) is 4.79 Å². The summed E-state index contributed by atoms with van der Waals surface area (Å²) in [6.07, 6.45) is 4.05. The molecule has 2 N–H and O–H groups in total. The molecule has 0 aromatic carbocycles. The zero-order chi connectivity index (χ0) is 15.9. The van der Waals surface area contributed by atoms with Gasteiger partial charge in [-0.25, -0.2) is 4.68 Å². The summed E-state index contributed by atoms with van der Waals surface area (Å²) in [6, 6.07) is 3.61. The van der Waals surface area contributed by atoms with Crippen molar-refractivity contribution < 1.29 is 4.74 Å². The molecule has 1 aromatic heterocycles. The van der Waals surface area contributed by atoms with E-state index in [9.17, 15) is 4.79 Å². The highest BCUT2D eigenvalue weighted by Gasteiger charge is 2.15. The van der Waals surface area contributed by atoms with E-state index in [1.54, 1.807) is 0 Å². The van der Waals surface area contributed by atoms with Crippen LogP contribution in [0.15, 0.2) is 17.1 Å². The minimum atomic E-state index is -0.311. The van der Waals surface area contributed by atoms with Crippen LogP contribution in [0.25, 0.3) is 0 Å². The second-order valence-electron chi connectivity index (χ2n) is 5.99. The summed E-state index contributed by atoms with van der Waals surface area (Å²) in [5, 5.41) is 13.0. The third kappa shape index (κ3) is 6.41. The Kier molecular flexibility index (Phi) is 6.38. The van der Waals surface area contributed by atoms with Gasteiger partial charge in [0, 0.05) is 18.7 Å². The van der Waals surface area contributed by atoms with Crippen LogP contribution in [0.5, 0.6) is 5.75 Å². The molecular weight excluding hydrogens is 268 g/mol. The summed E-state index contributed by atoms with van der Waals surface area (Å²) in [5.74, 6) is 0.444. The van der Waals surface area contributed by atoms with Crippen LogP contribution in [-0.4, -0.2) is 22.4 Å². The molecule has 1 rings (SSSR count). The summed E-state index contributed by atoms with van der Waals surface area (Å²) in [5.41, 5.74) is 5.09. The Morgan fingerprint density at radius 3 is 2.81 bits per heavy atom. The maximum absolute atomic E-state index is 11.9. The molecule has 0 fully saturated rings. The van der Waals surface area contributed by atoms with Crippen molar-refractivity contribution >= 4 is 0 Å². The lowest BCUT2D eigenvalue weighted by Gasteiger charge is -2.14. The first-order valence-electron chi connectivity index (χ1n) is 7.21. The van der Waals surface area contributed by atoms with Gasteiger partial charge < -0.3 is 10.5 Å². The number of aromatic nitrogens is 2. The SMILES string of the molecule is CC(N)COc1cnn(CCCCC(C)(C)C#N)c(=O)c1. The van der Waals surface area contributed by atoms with Gasteiger partial charge in [-0.15, -0.1) is 0 Å². The Labute approximate surface area is 125 Å². The maximum Gasteiger partial charge on any atom is 0.270 e. The molecule has 1 atom stereocenters. The number of nitriles is 1. The van der Waals surface area contributed by atoms with Gasteiger partial charge in [0.2, 0.25) is 0 Å². The van der Waals surface area contributed by atoms with E-state index in [-0.39, 0.29) is 17.0 Å². The van der Waals surface area contributed by atoms with Gasteiger partial charge in [-0.1, -0.05) is 6.42 Å². The highest BCUT2D eigenvalue weighted by Crippen LogP contribution is 2.21. The quantitative estimate of drug-likeness (QED) is 0.736. The predicted octanol–water partition coefficient (Wildman–Crippen LogP) is 1.69. The third-order valence-corrected chi connectivity index (χ3v) is 3.08. The number of ether oxygens (including phenoxy) is 1. The first-order valence-corrected chi connectivity index (χ1v) is 7.21. The second-order valence-corrected chi connectivity index (χ2v) is 5.99. The third-order valence-electron chi connectivity index (χ3n) is 3.08. The lowest BCUT2D eigenvalue weighted by atomic mass is 9.89. The molecule has 6 nitrogen and oxygen atoms in total. The minimum Gasteiger partial charge on any atom is -0.490 e. The molecular formula is C15H24N4O2. The average molecular weight is 292 g/mol. The molecule has 1 aromatic rings. The zero-order valence-electron chi connectivity index (χ0n) is 13.0. The van der Waals surface area contributed by atoms with Gasteiger partial charge >= 0.3 is 0 Å². The highest BCUT2D eigenvalue weighted by atomic mass is 16.5. The van der Waals surface area contributed by atoms with Crippen LogP contribution in [0, 0.1) is 16.7 Å². The van der Waals surface area contributed by atoms with Crippen LogP contribution in [0.4, 0.5) is 0 Å². The van der Waals surface area contributed by atoms with Gasteiger partial charge in [0.15, 0.2) is 0 Å². The lowest BCUT2D eigenvalue weighted by molar-refractivity contribution is 0.292. The van der Waals surface area contributed by atoms with Crippen LogP contribution >= 0.6 is 0 Å². The van der Waals surface area contributed by atoms with E-state index in [1.807, 2.05) is 20.8 Å². The summed E-state index contributed by atoms with van der Waals surface area (Å²) in [4.78, 5) is 11.9. The zero-order valence-corrected chi connectivity index (χ0v) is 13.0. The van der Waals surface area contributed by atoms with Crippen LogP contribution in [0.1, 0.15) is 40.0 Å². The van der Waals surface area contributed by atoms with Gasteiger partial charge in [-0.2, -0.15) is 10.4 Å². The van der Waals surface area contributed by atoms with Gasteiger partial charge in [0.25, 0.3) is 5.56 Å². The highest BCUT2D eigenvalue weighted by molar-refractivity contribution is 5.13. The van der Waals surface area contributed by atoms with Crippen LogP contribution in [0.2, 0.25) is 0 Å². The molecule has 0 aliphatic heterocycles. The van der Waals surface area contributed by atoms with Gasteiger partial charge in [0.1, 0.15) is 12.4 Å². The van der Waals surface area contributed by atoms with E-state index in [2.05, 4.69) is 11.2 Å². The van der Waals surface area contributed by atoms with Crippen molar-refractivity contribution in [2.24, 2.45) is 11.1 Å². The number of unbranched alkanes of at least 4 members (excludes halogenated alkanes) is 1. The maximum atomic E-state index is 11.9. The van der Waals surface area contributed by atoms with Crippen molar-refractivity contribution in [3.05, 3.63) is 22.6 Å². The molecule has 0 spiro atoms. The van der Waals surface area contributed by atoms with E-state index in [4.69, 9.17) is 15.7 Å². The number of nitrogens with two attached hydrogens (primary N) is 1. The molecule has 0 aliphatic carbocycles. The Morgan fingerprint density at radius 2 is 2.24 bits per heavy atom. The Balaban J connectivity index is 2.47. The number of hydrogen-bond acceptors (Lipinski definition) is 5. The van der Waals surface area contributed by atoms with Crippen LogP contribution in [-0.2, 0) is 6.54 Å². The monoisotopic (exact) mass is 292 g/mol. The molecule has 6 heteroatoms. The smallest absolute Gasteiger partial charge is 0.270 e. The van der Waals surface area contributed by atoms with Crippen molar-refractivity contribution in [3.63, 3.8) is 0 Å². The molecule has 0 saturated carbocycles. The molecule has 0 radical (unpaired) electrons. The number of rotatable bonds is 8. The van der Waals surface area contributed by atoms with Crippen molar-refractivity contribution in [1.29, 1.82) is 5.26 Å². The fraction of sp³-hybridized carbons (Fsp3) is 0.667. The molecule has 116 valence electrons. The van der Waals surface area contributed by atoms with Crippen molar-refractivity contribution in [1.82, 2.24) is 9.78 Å². The molecule has 0 bridgehead atoms. The fourth-order valence-corrected chi connectivity index (χ4v) is 1.78. The molecule has 0 saturated heterocycles. The van der Waals surface area contributed by atoms with Gasteiger partial charge in [-0.05, 0) is 33.6 Å². The molecule has 0 aliphatic rings. The summed E-state index contributed by atoms with van der Waals surface area (Å²) >= 11 is 0. The number of hydrogen-bond donors (Lipinski definition) is 1. The fourth-order valence-electron chi connectivity index (χ4n) is 1.78.